The number of likely N-dealkylation sites (N-methyl/N-ethyl adjacent to an activating group) is 1. The van der Waals surface area contributed by atoms with Crippen molar-refractivity contribution in [3.05, 3.63) is 36.4 Å². The number of rotatable bonds is 4. The minimum Gasteiger partial charge on any atom is -0.342 e. The molecular formula is C24H32N8OSi. The first kappa shape index (κ1) is 22.5. The van der Waals surface area contributed by atoms with E-state index in [0.717, 1.165) is 46.9 Å². The predicted molar refractivity (Wildman–Crippen MR) is 137 cm³/mol. The number of fused-ring (bicyclic) bond motifs is 1. The Morgan fingerprint density at radius 1 is 1.09 bits per heavy atom. The van der Waals surface area contributed by atoms with Crippen molar-refractivity contribution in [3.63, 3.8) is 0 Å². The molecule has 34 heavy (non-hydrogen) atoms. The summed E-state index contributed by atoms with van der Waals surface area (Å²) in [5.41, 5.74) is 4.51. The van der Waals surface area contributed by atoms with Crippen LogP contribution in [0.1, 0.15) is 18.4 Å². The number of nitrogens with one attached hydrogen (secondary N) is 1. The molecule has 2 aliphatic rings. The summed E-state index contributed by atoms with van der Waals surface area (Å²) < 4.78 is 1.77. The summed E-state index contributed by atoms with van der Waals surface area (Å²) in [5, 5.41) is 7.57. The summed E-state index contributed by atoms with van der Waals surface area (Å²) in [6, 6.07) is 4.96. The fourth-order valence-corrected chi connectivity index (χ4v) is 7.33. The molecule has 1 N–H and O–H groups in total. The number of aryl methyl sites for hydroxylation is 2. The maximum Gasteiger partial charge on any atom is 0.246 e. The zero-order chi connectivity index (χ0) is 24.0. The van der Waals surface area contributed by atoms with Crippen LogP contribution in [-0.4, -0.2) is 58.3 Å². The van der Waals surface area contributed by atoms with Crippen LogP contribution < -0.4 is 15.1 Å². The molecule has 3 aromatic heterocycles. The van der Waals surface area contributed by atoms with E-state index in [0.29, 0.717) is 18.5 Å². The topological polar surface area (TPSA) is 92.1 Å². The molecule has 178 valence electrons. The van der Waals surface area contributed by atoms with Gasteiger partial charge in [0, 0.05) is 40.0 Å². The summed E-state index contributed by atoms with van der Waals surface area (Å²) in [7, 11) is 2.60. The molecular weight excluding hydrogens is 444 g/mol. The van der Waals surface area contributed by atoms with Crippen LogP contribution in [0, 0.1) is 6.92 Å². The summed E-state index contributed by atoms with van der Waals surface area (Å²) in [6.07, 6.45) is 9.57. The van der Waals surface area contributed by atoms with Crippen LogP contribution in [0.4, 0.5) is 23.1 Å². The number of nitrogens with zero attached hydrogens (tertiary/aromatic N) is 7. The second kappa shape index (κ2) is 8.50. The zero-order valence-electron chi connectivity index (χ0n) is 20.5. The molecule has 1 fully saturated rings. The molecule has 1 saturated heterocycles. The third-order valence-corrected chi connectivity index (χ3v) is 10.5. The second-order valence-electron chi connectivity index (χ2n) is 10.3. The number of pyridine rings is 1. The molecule has 10 heteroatoms. The van der Waals surface area contributed by atoms with Gasteiger partial charge in [-0.25, -0.2) is 4.98 Å². The van der Waals surface area contributed by atoms with E-state index in [9.17, 15) is 4.79 Å². The van der Waals surface area contributed by atoms with Gasteiger partial charge >= 0.3 is 0 Å². The third kappa shape index (κ3) is 4.29. The Morgan fingerprint density at radius 2 is 1.85 bits per heavy atom. The number of hydrogen-bond acceptors (Lipinski definition) is 7. The molecule has 0 radical (unpaired) electrons. The Bertz CT molecular complexity index is 1230. The van der Waals surface area contributed by atoms with E-state index in [-0.39, 0.29) is 5.91 Å². The van der Waals surface area contributed by atoms with E-state index in [1.54, 1.807) is 22.8 Å². The largest absolute Gasteiger partial charge is 0.342 e. The Kier molecular flexibility index (Phi) is 5.63. The molecule has 0 aliphatic carbocycles. The van der Waals surface area contributed by atoms with E-state index in [1.807, 2.05) is 38.6 Å². The molecule has 9 nitrogen and oxygen atoms in total. The van der Waals surface area contributed by atoms with Gasteiger partial charge in [-0.05, 0) is 31.4 Å². The maximum absolute atomic E-state index is 12.7. The average Bonchev–Trinajstić information content (AvgIpc) is 3.24. The first-order chi connectivity index (χ1) is 16.2. The molecule has 0 spiro atoms. The van der Waals surface area contributed by atoms with Crippen molar-refractivity contribution in [2.45, 2.75) is 51.0 Å². The van der Waals surface area contributed by atoms with E-state index < -0.39 is 8.07 Å². The smallest absolute Gasteiger partial charge is 0.246 e. The number of carbonyl (C=O) groups excluding carboxylic acids is 1. The Labute approximate surface area is 201 Å². The van der Waals surface area contributed by atoms with E-state index in [2.05, 4.69) is 38.4 Å². The summed E-state index contributed by atoms with van der Waals surface area (Å²) in [6.45, 7) is 7.33. The van der Waals surface area contributed by atoms with Crippen molar-refractivity contribution in [1.29, 1.82) is 0 Å². The normalized spacial score (nSPS) is 18.2. The van der Waals surface area contributed by atoms with Crippen molar-refractivity contribution in [2.24, 2.45) is 7.05 Å². The Balaban J connectivity index is 1.42. The minimum atomic E-state index is -1.09. The summed E-state index contributed by atoms with van der Waals surface area (Å²) in [4.78, 5) is 30.6. The first-order valence-electron chi connectivity index (χ1n) is 11.8. The zero-order valence-corrected chi connectivity index (χ0v) is 21.5. The molecule has 5 rings (SSSR count). The second-order valence-corrected chi connectivity index (χ2v) is 15.6. The fourth-order valence-electron chi connectivity index (χ4n) is 4.85. The summed E-state index contributed by atoms with van der Waals surface area (Å²) >= 11 is 0. The SMILES string of the molecule is Cc1cc(-c2cnn(C)c2)ncc1Nc1ncc2c(n1)N(C1CC[Si](C)(C)CC1)CC(=O)N2C. The molecule has 3 aromatic rings. The lowest BCUT2D eigenvalue weighted by molar-refractivity contribution is -0.117. The Hall–Kier alpha value is -3.27. The van der Waals surface area contributed by atoms with Crippen LogP contribution in [0.15, 0.2) is 30.9 Å². The molecule has 0 unspecified atom stereocenters. The average molecular weight is 477 g/mol. The number of amides is 1. The van der Waals surface area contributed by atoms with E-state index >= 15 is 0 Å². The molecule has 0 bridgehead atoms. The lowest BCUT2D eigenvalue weighted by atomic mass is 10.1. The van der Waals surface area contributed by atoms with Gasteiger partial charge in [-0.1, -0.05) is 25.2 Å². The van der Waals surface area contributed by atoms with Gasteiger partial charge in [-0.15, -0.1) is 0 Å². The van der Waals surface area contributed by atoms with Crippen LogP contribution in [-0.2, 0) is 11.8 Å². The molecule has 5 heterocycles. The van der Waals surface area contributed by atoms with Gasteiger partial charge in [-0.2, -0.15) is 10.1 Å². The molecule has 1 amide bonds. The third-order valence-electron chi connectivity index (χ3n) is 7.17. The van der Waals surface area contributed by atoms with Gasteiger partial charge in [0.15, 0.2) is 5.82 Å². The highest BCUT2D eigenvalue weighted by Gasteiger charge is 2.37. The fraction of sp³-hybridized carbons (Fsp3) is 0.458. The highest BCUT2D eigenvalue weighted by atomic mass is 28.3. The van der Waals surface area contributed by atoms with Gasteiger partial charge in [0.05, 0.1) is 36.5 Å². The van der Waals surface area contributed by atoms with Crippen molar-refractivity contribution in [2.75, 3.05) is 28.7 Å². The lowest BCUT2D eigenvalue weighted by Crippen LogP contribution is -2.51. The van der Waals surface area contributed by atoms with Gasteiger partial charge in [0.2, 0.25) is 11.9 Å². The van der Waals surface area contributed by atoms with Gasteiger partial charge < -0.3 is 15.1 Å². The van der Waals surface area contributed by atoms with Gasteiger partial charge in [-0.3, -0.25) is 14.5 Å². The van der Waals surface area contributed by atoms with Gasteiger partial charge in [0.1, 0.15) is 5.69 Å². The van der Waals surface area contributed by atoms with Crippen molar-refractivity contribution >= 4 is 37.1 Å². The highest BCUT2D eigenvalue weighted by molar-refractivity contribution is 6.77. The van der Waals surface area contributed by atoms with Crippen molar-refractivity contribution in [3.8, 4) is 11.3 Å². The lowest BCUT2D eigenvalue weighted by Gasteiger charge is -2.43. The van der Waals surface area contributed by atoms with E-state index in [4.69, 9.17) is 4.98 Å². The number of hydrogen-bond donors (Lipinski definition) is 1. The molecule has 0 atom stereocenters. The van der Waals surface area contributed by atoms with Crippen molar-refractivity contribution < 1.29 is 4.79 Å². The maximum atomic E-state index is 12.7. The summed E-state index contributed by atoms with van der Waals surface area (Å²) in [5.74, 6) is 1.43. The van der Waals surface area contributed by atoms with Gasteiger partial charge in [0.25, 0.3) is 0 Å². The number of anilines is 4. The minimum absolute atomic E-state index is 0.0879. The first-order valence-corrected chi connectivity index (χ1v) is 15.2. The quantitative estimate of drug-likeness (QED) is 0.570. The molecule has 0 saturated carbocycles. The number of carbonyl (C=O) groups is 1. The van der Waals surface area contributed by atoms with Crippen LogP contribution in [0.2, 0.25) is 25.2 Å². The van der Waals surface area contributed by atoms with Crippen molar-refractivity contribution in [1.82, 2.24) is 24.7 Å². The monoisotopic (exact) mass is 476 g/mol. The Morgan fingerprint density at radius 3 is 2.53 bits per heavy atom. The van der Waals surface area contributed by atoms with Crippen LogP contribution in [0.25, 0.3) is 11.3 Å². The van der Waals surface area contributed by atoms with Crippen LogP contribution in [0.3, 0.4) is 0 Å². The molecule has 0 aromatic carbocycles. The standard InChI is InChI=1S/C24H32N8OSi/c1-16-10-19(17-11-27-30(2)14-17)25-12-20(16)28-24-26-13-21-23(29-24)32(15-22(33)31(21)3)18-6-8-34(4,5)9-7-18/h10-14,18H,6-9,15H2,1-5H3,(H,26,28,29). The number of aromatic nitrogens is 5. The van der Waals surface area contributed by atoms with E-state index in [1.165, 1.54) is 12.1 Å². The predicted octanol–water partition coefficient (Wildman–Crippen LogP) is 3.98. The van der Waals surface area contributed by atoms with Crippen LogP contribution >= 0.6 is 0 Å². The molecule has 2 aliphatic heterocycles. The van der Waals surface area contributed by atoms with Crippen LogP contribution in [0.5, 0.6) is 0 Å². The highest BCUT2D eigenvalue weighted by Crippen LogP contribution is 2.38.